The molecular formula is C26H26N2O7S. The number of carbonyl (C=O) groups is 4. The highest BCUT2D eigenvalue weighted by Crippen LogP contribution is 2.29. The molecule has 0 unspecified atom stereocenters. The number of methoxy groups -OCH3 is 2. The summed E-state index contributed by atoms with van der Waals surface area (Å²) in [5.74, 6) is -1.74. The van der Waals surface area contributed by atoms with Gasteiger partial charge in [-0.2, -0.15) is 0 Å². The van der Waals surface area contributed by atoms with E-state index in [9.17, 15) is 19.2 Å². The fourth-order valence-electron chi connectivity index (χ4n) is 3.28. The van der Waals surface area contributed by atoms with E-state index >= 15 is 0 Å². The van der Waals surface area contributed by atoms with Crippen LogP contribution < -0.4 is 10.6 Å². The third-order valence-electron chi connectivity index (χ3n) is 5.08. The molecule has 36 heavy (non-hydrogen) atoms. The van der Waals surface area contributed by atoms with Gasteiger partial charge in [-0.1, -0.05) is 60.7 Å². The normalized spacial score (nSPS) is 11.2. The summed E-state index contributed by atoms with van der Waals surface area (Å²) in [5.41, 5.74) is 1.70. The number of hydrogen-bond donors (Lipinski definition) is 2. The molecule has 1 atom stereocenters. The fraction of sp³-hybridized carbons (Fsp3) is 0.231. The Bertz CT molecular complexity index is 1200. The minimum atomic E-state index is -0.966. The lowest BCUT2D eigenvalue weighted by molar-refractivity contribution is -0.143. The van der Waals surface area contributed by atoms with Crippen molar-refractivity contribution in [1.82, 2.24) is 5.32 Å². The number of benzene rings is 2. The maximum atomic E-state index is 13.2. The molecule has 9 nitrogen and oxygen atoms in total. The van der Waals surface area contributed by atoms with Crippen molar-refractivity contribution in [2.24, 2.45) is 0 Å². The smallest absolute Gasteiger partial charge is 0.412 e. The van der Waals surface area contributed by atoms with E-state index in [0.717, 1.165) is 22.5 Å². The van der Waals surface area contributed by atoms with Gasteiger partial charge in [-0.15, -0.1) is 11.3 Å². The first kappa shape index (κ1) is 26.4. The molecular weight excluding hydrogens is 484 g/mol. The number of amides is 2. The van der Waals surface area contributed by atoms with Crippen LogP contribution >= 0.6 is 11.3 Å². The van der Waals surface area contributed by atoms with Crippen molar-refractivity contribution >= 4 is 40.3 Å². The molecule has 0 bridgehead atoms. The SMILES string of the molecule is COC(=O)Cc1cc(C(=O)N[C@@H](Cc2ccccc2)C(=O)OC)c(NC(=O)OCc2ccccc2)s1. The van der Waals surface area contributed by atoms with E-state index in [4.69, 9.17) is 14.2 Å². The van der Waals surface area contributed by atoms with Gasteiger partial charge in [0.05, 0.1) is 26.2 Å². The zero-order valence-corrected chi connectivity index (χ0v) is 20.6. The van der Waals surface area contributed by atoms with Crippen molar-refractivity contribution in [2.45, 2.75) is 25.5 Å². The fourth-order valence-corrected chi connectivity index (χ4v) is 4.30. The third kappa shape index (κ3) is 7.67. The number of ether oxygens (including phenoxy) is 3. The standard InChI is InChI=1S/C26H26N2O7S/c1-33-22(29)15-19-14-20(24(36-19)28-26(32)35-16-18-11-7-4-8-12-18)23(30)27-21(25(31)34-2)13-17-9-5-3-6-10-17/h3-12,14,21H,13,15-16H2,1-2H3,(H,27,30)(H,28,32)/t21-/m0/s1. The summed E-state index contributed by atoms with van der Waals surface area (Å²) in [6, 6.07) is 18.8. The van der Waals surface area contributed by atoms with Crippen LogP contribution in [0.4, 0.5) is 9.80 Å². The lowest BCUT2D eigenvalue weighted by Crippen LogP contribution is -2.43. The van der Waals surface area contributed by atoms with Gasteiger partial charge in [-0.05, 0) is 17.2 Å². The number of nitrogens with one attached hydrogen (secondary N) is 2. The molecule has 1 heterocycles. The Balaban J connectivity index is 1.78. The predicted molar refractivity (Wildman–Crippen MR) is 134 cm³/mol. The lowest BCUT2D eigenvalue weighted by Gasteiger charge is -2.17. The van der Waals surface area contributed by atoms with Gasteiger partial charge in [0.15, 0.2) is 0 Å². The van der Waals surface area contributed by atoms with Gasteiger partial charge in [-0.25, -0.2) is 9.59 Å². The number of carbonyl (C=O) groups excluding carboxylic acids is 4. The summed E-state index contributed by atoms with van der Waals surface area (Å²) in [6.45, 7) is 0.0378. The van der Waals surface area contributed by atoms with Crippen LogP contribution in [0, 0.1) is 0 Å². The molecule has 0 aliphatic rings. The zero-order chi connectivity index (χ0) is 25.9. The molecule has 0 radical (unpaired) electrons. The van der Waals surface area contributed by atoms with E-state index in [1.807, 2.05) is 60.7 Å². The van der Waals surface area contributed by atoms with Crippen LogP contribution in [-0.2, 0) is 43.2 Å². The predicted octanol–water partition coefficient (Wildman–Crippen LogP) is 3.73. The Morgan fingerprint density at radius 1 is 0.889 bits per heavy atom. The van der Waals surface area contributed by atoms with Gasteiger partial charge in [-0.3, -0.25) is 14.9 Å². The Kier molecular flexibility index (Phi) is 9.58. The number of anilines is 1. The molecule has 2 N–H and O–H groups in total. The second kappa shape index (κ2) is 13.1. The summed E-state index contributed by atoms with van der Waals surface area (Å²) in [6.07, 6.45) is -0.652. The number of rotatable bonds is 10. The van der Waals surface area contributed by atoms with Gasteiger partial charge in [0.2, 0.25) is 0 Å². The number of esters is 2. The Hall–Kier alpha value is -4.18. The quantitative estimate of drug-likeness (QED) is 0.315. The molecule has 0 spiro atoms. The summed E-state index contributed by atoms with van der Waals surface area (Å²) >= 11 is 1.04. The molecule has 3 aromatic rings. The van der Waals surface area contributed by atoms with Gasteiger partial charge in [0.25, 0.3) is 5.91 Å². The van der Waals surface area contributed by atoms with E-state index in [-0.39, 0.29) is 30.0 Å². The highest BCUT2D eigenvalue weighted by atomic mass is 32.1. The van der Waals surface area contributed by atoms with Crippen LogP contribution in [0.3, 0.4) is 0 Å². The molecule has 10 heteroatoms. The first-order chi connectivity index (χ1) is 17.4. The molecule has 0 aliphatic heterocycles. The van der Waals surface area contributed by atoms with E-state index in [0.29, 0.717) is 4.88 Å². The van der Waals surface area contributed by atoms with E-state index < -0.39 is 30.0 Å². The topological polar surface area (TPSA) is 120 Å². The first-order valence-electron chi connectivity index (χ1n) is 11.0. The maximum Gasteiger partial charge on any atom is 0.412 e. The van der Waals surface area contributed by atoms with Crippen molar-refractivity contribution in [2.75, 3.05) is 19.5 Å². The van der Waals surface area contributed by atoms with Crippen molar-refractivity contribution in [3.63, 3.8) is 0 Å². The zero-order valence-electron chi connectivity index (χ0n) is 19.8. The Labute approximate surface area is 212 Å². The monoisotopic (exact) mass is 510 g/mol. The summed E-state index contributed by atoms with van der Waals surface area (Å²) < 4.78 is 14.8. The minimum absolute atomic E-state index is 0.0378. The highest BCUT2D eigenvalue weighted by molar-refractivity contribution is 7.16. The third-order valence-corrected chi connectivity index (χ3v) is 6.13. The molecule has 0 aliphatic carbocycles. The molecule has 1 aromatic heterocycles. The van der Waals surface area contributed by atoms with Crippen LogP contribution in [0.25, 0.3) is 0 Å². The van der Waals surface area contributed by atoms with Crippen LogP contribution in [0.2, 0.25) is 0 Å². The largest absolute Gasteiger partial charge is 0.469 e. The molecule has 0 saturated heterocycles. The van der Waals surface area contributed by atoms with Crippen LogP contribution in [0.15, 0.2) is 66.7 Å². The highest BCUT2D eigenvalue weighted by Gasteiger charge is 2.26. The summed E-state index contributed by atoms with van der Waals surface area (Å²) in [5, 5.41) is 5.41. The molecule has 188 valence electrons. The van der Waals surface area contributed by atoms with Crippen molar-refractivity contribution in [3.8, 4) is 0 Å². The molecule has 2 aromatic carbocycles. The first-order valence-corrected chi connectivity index (χ1v) is 11.8. The van der Waals surface area contributed by atoms with Crippen LogP contribution in [0.1, 0.15) is 26.4 Å². The van der Waals surface area contributed by atoms with Crippen LogP contribution in [0.5, 0.6) is 0 Å². The van der Waals surface area contributed by atoms with Crippen molar-refractivity contribution in [3.05, 3.63) is 88.3 Å². The van der Waals surface area contributed by atoms with Gasteiger partial charge < -0.3 is 19.5 Å². The molecule has 0 saturated carbocycles. The van der Waals surface area contributed by atoms with Crippen LogP contribution in [-0.4, -0.2) is 44.2 Å². The second-order valence-corrected chi connectivity index (χ2v) is 8.77. The van der Waals surface area contributed by atoms with E-state index in [2.05, 4.69) is 10.6 Å². The number of thiophene rings is 1. The van der Waals surface area contributed by atoms with Crippen molar-refractivity contribution in [1.29, 1.82) is 0 Å². The van der Waals surface area contributed by atoms with Gasteiger partial charge in [0, 0.05) is 11.3 Å². The minimum Gasteiger partial charge on any atom is -0.469 e. The maximum absolute atomic E-state index is 13.2. The summed E-state index contributed by atoms with van der Waals surface area (Å²) in [4.78, 5) is 50.3. The lowest BCUT2D eigenvalue weighted by atomic mass is 10.1. The molecule has 3 rings (SSSR count). The van der Waals surface area contributed by atoms with Crippen molar-refractivity contribution < 1.29 is 33.4 Å². The molecule has 2 amide bonds. The second-order valence-electron chi connectivity index (χ2n) is 7.63. The summed E-state index contributed by atoms with van der Waals surface area (Å²) in [7, 11) is 2.50. The van der Waals surface area contributed by atoms with Gasteiger partial charge in [0.1, 0.15) is 17.6 Å². The Morgan fingerprint density at radius 2 is 1.53 bits per heavy atom. The van der Waals surface area contributed by atoms with Gasteiger partial charge >= 0.3 is 18.0 Å². The average molecular weight is 511 g/mol. The average Bonchev–Trinajstić information content (AvgIpc) is 3.29. The van der Waals surface area contributed by atoms with E-state index in [1.54, 1.807) is 0 Å². The molecule has 0 fully saturated rings. The number of hydrogen-bond acceptors (Lipinski definition) is 8. The Morgan fingerprint density at radius 3 is 2.14 bits per heavy atom. The van der Waals surface area contributed by atoms with E-state index in [1.165, 1.54) is 20.3 Å².